The van der Waals surface area contributed by atoms with E-state index in [0.29, 0.717) is 5.92 Å². The summed E-state index contributed by atoms with van der Waals surface area (Å²) < 4.78 is 0. The van der Waals surface area contributed by atoms with Gasteiger partial charge in [0.1, 0.15) is 0 Å². The predicted octanol–water partition coefficient (Wildman–Crippen LogP) is 3.57. The molecule has 0 atom stereocenters. The Labute approximate surface area is 111 Å². The van der Waals surface area contributed by atoms with Gasteiger partial charge in [0, 0.05) is 19.0 Å². The second-order valence-electron chi connectivity index (χ2n) is 5.66. The Morgan fingerprint density at radius 3 is 2.39 bits per heavy atom. The molecule has 1 heterocycles. The summed E-state index contributed by atoms with van der Waals surface area (Å²) in [4.78, 5) is 2.26. The first-order valence-corrected chi connectivity index (χ1v) is 7.04. The number of benzene rings is 1. The quantitative estimate of drug-likeness (QED) is 0.638. The topological polar surface area (TPSA) is 27.1 Å². The summed E-state index contributed by atoms with van der Waals surface area (Å²) in [6, 6.07) is 10.8. The molecule has 0 aromatic heterocycles. The highest BCUT2D eigenvalue weighted by atomic mass is 15.2. The van der Waals surface area contributed by atoms with Gasteiger partial charge in [0.15, 0.2) is 0 Å². The van der Waals surface area contributed by atoms with Gasteiger partial charge < -0.3 is 4.90 Å². The van der Waals surface area contributed by atoms with Crippen molar-refractivity contribution in [1.82, 2.24) is 4.90 Å². The van der Waals surface area contributed by atoms with Crippen molar-refractivity contribution < 1.29 is 0 Å². The number of hydrogen-bond acceptors (Lipinski definition) is 1. The van der Waals surface area contributed by atoms with E-state index >= 15 is 0 Å². The SMILES string of the molecule is CC(C)C(=N)N1CCC(Cc2ccccc2)CC1. The molecule has 0 amide bonds. The van der Waals surface area contributed by atoms with Crippen LogP contribution >= 0.6 is 0 Å². The predicted molar refractivity (Wildman–Crippen MR) is 77.0 cm³/mol. The molecule has 98 valence electrons. The second kappa shape index (κ2) is 6.03. The van der Waals surface area contributed by atoms with Crippen molar-refractivity contribution in [3.8, 4) is 0 Å². The van der Waals surface area contributed by atoms with Gasteiger partial charge in [0.05, 0.1) is 5.84 Å². The molecule has 1 aliphatic rings. The maximum atomic E-state index is 8.05. The first-order valence-electron chi connectivity index (χ1n) is 7.04. The number of hydrogen-bond donors (Lipinski definition) is 1. The molecule has 1 saturated heterocycles. The van der Waals surface area contributed by atoms with Gasteiger partial charge in [-0.25, -0.2) is 0 Å². The highest BCUT2D eigenvalue weighted by Gasteiger charge is 2.22. The van der Waals surface area contributed by atoms with Crippen molar-refractivity contribution in [2.45, 2.75) is 33.1 Å². The van der Waals surface area contributed by atoms with Gasteiger partial charge in [-0.05, 0) is 30.7 Å². The zero-order chi connectivity index (χ0) is 13.0. The van der Waals surface area contributed by atoms with Crippen molar-refractivity contribution >= 4 is 5.84 Å². The van der Waals surface area contributed by atoms with Gasteiger partial charge >= 0.3 is 0 Å². The van der Waals surface area contributed by atoms with Crippen LogP contribution in [0.15, 0.2) is 30.3 Å². The molecule has 1 aromatic carbocycles. The zero-order valence-corrected chi connectivity index (χ0v) is 11.5. The average Bonchev–Trinajstić information content (AvgIpc) is 2.40. The highest BCUT2D eigenvalue weighted by Crippen LogP contribution is 2.22. The van der Waals surface area contributed by atoms with Crippen LogP contribution in [0.4, 0.5) is 0 Å². The maximum absolute atomic E-state index is 8.05. The lowest BCUT2D eigenvalue weighted by Gasteiger charge is -2.35. The Morgan fingerprint density at radius 1 is 1.22 bits per heavy atom. The normalized spacial score (nSPS) is 17.2. The maximum Gasteiger partial charge on any atom is 0.0983 e. The summed E-state index contributed by atoms with van der Waals surface area (Å²) in [6.07, 6.45) is 3.65. The van der Waals surface area contributed by atoms with Crippen LogP contribution < -0.4 is 0 Å². The molecule has 2 rings (SSSR count). The van der Waals surface area contributed by atoms with E-state index in [0.717, 1.165) is 24.8 Å². The van der Waals surface area contributed by atoms with Gasteiger partial charge in [0.25, 0.3) is 0 Å². The fourth-order valence-corrected chi connectivity index (χ4v) is 2.69. The summed E-state index contributed by atoms with van der Waals surface area (Å²) in [5, 5.41) is 8.05. The molecule has 1 aliphatic heterocycles. The second-order valence-corrected chi connectivity index (χ2v) is 5.66. The van der Waals surface area contributed by atoms with Gasteiger partial charge in [-0.3, -0.25) is 5.41 Å². The van der Waals surface area contributed by atoms with Crippen LogP contribution in [0.2, 0.25) is 0 Å². The van der Waals surface area contributed by atoms with Crippen LogP contribution in [0.5, 0.6) is 0 Å². The minimum absolute atomic E-state index is 0.357. The molecule has 0 radical (unpaired) electrons. The molecular weight excluding hydrogens is 220 g/mol. The number of rotatable bonds is 3. The first-order chi connectivity index (χ1) is 8.66. The molecule has 2 nitrogen and oxygen atoms in total. The van der Waals surface area contributed by atoms with Gasteiger partial charge in [-0.15, -0.1) is 0 Å². The fraction of sp³-hybridized carbons (Fsp3) is 0.562. The largest absolute Gasteiger partial charge is 0.360 e. The van der Waals surface area contributed by atoms with Crippen molar-refractivity contribution in [2.24, 2.45) is 11.8 Å². The number of nitrogens with zero attached hydrogens (tertiary/aromatic N) is 1. The van der Waals surface area contributed by atoms with E-state index in [1.165, 1.54) is 24.8 Å². The van der Waals surface area contributed by atoms with Gasteiger partial charge in [0.2, 0.25) is 0 Å². The standard InChI is InChI=1S/C16H24N2/c1-13(2)16(17)18-10-8-15(9-11-18)12-14-6-4-3-5-7-14/h3-7,13,15,17H,8-12H2,1-2H3. The van der Waals surface area contributed by atoms with Gasteiger partial charge in [-0.2, -0.15) is 0 Å². The molecule has 0 unspecified atom stereocenters. The summed E-state index contributed by atoms with van der Waals surface area (Å²) in [6.45, 7) is 6.35. The number of piperidine rings is 1. The van der Waals surface area contributed by atoms with Crippen LogP contribution in [-0.4, -0.2) is 23.8 Å². The number of nitrogens with one attached hydrogen (secondary N) is 1. The molecule has 18 heavy (non-hydrogen) atoms. The van der Waals surface area contributed by atoms with Crippen molar-refractivity contribution in [3.63, 3.8) is 0 Å². The molecular formula is C16H24N2. The van der Waals surface area contributed by atoms with Crippen LogP contribution in [0.1, 0.15) is 32.3 Å². The van der Waals surface area contributed by atoms with E-state index in [2.05, 4.69) is 49.1 Å². The minimum Gasteiger partial charge on any atom is -0.360 e. The summed E-state index contributed by atoms with van der Waals surface area (Å²) in [5.74, 6) is 1.97. The van der Waals surface area contributed by atoms with Crippen molar-refractivity contribution in [1.29, 1.82) is 5.41 Å². The molecule has 1 fully saturated rings. The molecule has 0 spiro atoms. The van der Waals surface area contributed by atoms with Crippen LogP contribution in [0.3, 0.4) is 0 Å². The highest BCUT2D eigenvalue weighted by molar-refractivity contribution is 5.81. The van der Waals surface area contributed by atoms with Crippen molar-refractivity contribution in [3.05, 3.63) is 35.9 Å². The average molecular weight is 244 g/mol. The lowest BCUT2D eigenvalue weighted by Crippen LogP contribution is -2.40. The molecule has 1 N–H and O–H groups in total. The molecule has 1 aromatic rings. The van der Waals surface area contributed by atoms with Crippen molar-refractivity contribution in [2.75, 3.05) is 13.1 Å². The van der Waals surface area contributed by atoms with E-state index in [9.17, 15) is 0 Å². The van der Waals surface area contributed by atoms with Crippen LogP contribution in [0, 0.1) is 17.2 Å². The monoisotopic (exact) mass is 244 g/mol. The summed E-state index contributed by atoms with van der Waals surface area (Å²) >= 11 is 0. The fourth-order valence-electron chi connectivity index (χ4n) is 2.69. The number of likely N-dealkylation sites (tertiary alicyclic amines) is 1. The summed E-state index contributed by atoms with van der Waals surface area (Å²) in [7, 11) is 0. The third-order valence-electron chi connectivity index (χ3n) is 3.87. The van der Waals surface area contributed by atoms with E-state index in [-0.39, 0.29) is 0 Å². The van der Waals surface area contributed by atoms with E-state index in [4.69, 9.17) is 5.41 Å². The Bertz CT molecular complexity index is 375. The van der Waals surface area contributed by atoms with Gasteiger partial charge in [-0.1, -0.05) is 44.2 Å². The van der Waals surface area contributed by atoms with E-state index in [1.807, 2.05) is 0 Å². The zero-order valence-electron chi connectivity index (χ0n) is 11.5. The molecule has 0 saturated carbocycles. The molecule has 0 aliphatic carbocycles. The lowest BCUT2D eigenvalue weighted by molar-refractivity contribution is 0.257. The Balaban J connectivity index is 1.82. The summed E-state index contributed by atoms with van der Waals surface area (Å²) in [5.41, 5.74) is 1.45. The van der Waals surface area contributed by atoms with Crippen LogP contribution in [-0.2, 0) is 6.42 Å². The third-order valence-corrected chi connectivity index (χ3v) is 3.87. The Kier molecular flexibility index (Phi) is 4.40. The molecule has 2 heteroatoms. The number of amidine groups is 1. The van der Waals surface area contributed by atoms with E-state index < -0.39 is 0 Å². The third kappa shape index (κ3) is 3.34. The lowest BCUT2D eigenvalue weighted by atomic mass is 9.90. The van der Waals surface area contributed by atoms with Crippen LogP contribution in [0.25, 0.3) is 0 Å². The minimum atomic E-state index is 0.357. The Hall–Kier alpha value is -1.31. The first kappa shape index (κ1) is 13.1. The smallest absolute Gasteiger partial charge is 0.0983 e. The van der Waals surface area contributed by atoms with E-state index in [1.54, 1.807) is 0 Å². The Morgan fingerprint density at radius 2 is 1.83 bits per heavy atom. The molecule has 0 bridgehead atoms.